The number of nitrogens with two attached hydrogens (primary N) is 1. The summed E-state index contributed by atoms with van der Waals surface area (Å²) >= 11 is 1.38. The van der Waals surface area contributed by atoms with Gasteiger partial charge >= 0.3 is 5.97 Å². The number of rotatable bonds is 4. The molecule has 1 aliphatic rings. The van der Waals surface area contributed by atoms with E-state index in [1.807, 2.05) is 13.2 Å². The summed E-state index contributed by atoms with van der Waals surface area (Å²) in [5.41, 5.74) is 8.67. The lowest BCUT2D eigenvalue weighted by atomic mass is 9.93. The van der Waals surface area contributed by atoms with Gasteiger partial charge in [-0.1, -0.05) is 12.6 Å². The Hall–Kier alpha value is -2.80. The summed E-state index contributed by atoms with van der Waals surface area (Å²) < 4.78 is 4.77. The van der Waals surface area contributed by atoms with E-state index in [-0.39, 0.29) is 5.91 Å². The fourth-order valence-corrected chi connectivity index (χ4v) is 2.71. The molecule has 0 bridgehead atoms. The number of hydrogen-bond acceptors (Lipinski definition) is 6. The second-order valence-electron chi connectivity index (χ2n) is 5.60. The highest BCUT2D eigenvalue weighted by molar-refractivity contribution is 8.02. The molecule has 0 unspecified atom stereocenters. The Morgan fingerprint density at radius 2 is 2.12 bits per heavy atom. The van der Waals surface area contributed by atoms with Gasteiger partial charge in [0, 0.05) is 24.4 Å². The molecule has 136 valence electrons. The third-order valence-electron chi connectivity index (χ3n) is 4.01. The number of ether oxygens (including phenoxy) is 1. The summed E-state index contributed by atoms with van der Waals surface area (Å²) in [5.74, 6) is -0.271. The lowest BCUT2D eigenvalue weighted by Crippen LogP contribution is -2.38. The molecule has 1 aliphatic heterocycles. The highest BCUT2D eigenvalue weighted by Gasteiger charge is 2.29. The second-order valence-corrected chi connectivity index (χ2v) is 6.48. The first-order valence-corrected chi connectivity index (χ1v) is 8.99. The number of nitrogens with zero attached hydrogens (tertiary/aromatic N) is 2. The molecule has 2 N–H and O–H groups in total. The van der Waals surface area contributed by atoms with Crippen LogP contribution in [0.15, 0.2) is 52.6 Å². The van der Waals surface area contributed by atoms with E-state index in [0.29, 0.717) is 33.1 Å². The van der Waals surface area contributed by atoms with E-state index in [1.165, 1.54) is 30.0 Å². The van der Waals surface area contributed by atoms with Gasteiger partial charge in [-0.2, -0.15) is 0 Å². The Balaban J connectivity index is 2.61. The maximum Gasteiger partial charge on any atom is 0.337 e. The summed E-state index contributed by atoms with van der Waals surface area (Å²) in [5, 5.41) is 0.569. The van der Waals surface area contributed by atoms with Crippen LogP contribution in [0, 0.1) is 6.92 Å². The van der Waals surface area contributed by atoms with Crippen LogP contribution in [0.25, 0.3) is 5.57 Å². The lowest BCUT2D eigenvalue weighted by Gasteiger charge is -2.27. The summed E-state index contributed by atoms with van der Waals surface area (Å²) in [6, 6.07) is 5.09. The molecule has 0 fully saturated rings. The van der Waals surface area contributed by atoms with E-state index in [4.69, 9.17) is 10.5 Å². The number of esters is 1. The molecule has 1 heterocycles. The van der Waals surface area contributed by atoms with Crippen LogP contribution in [0.2, 0.25) is 0 Å². The minimum atomic E-state index is -0.462. The fourth-order valence-electron chi connectivity index (χ4n) is 2.53. The van der Waals surface area contributed by atoms with Crippen LogP contribution < -0.4 is 5.73 Å². The number of amidine groups is 1. The first kappa shape index (κ1) is 19.5. The SMILES string of the molecule is C=C(/N=C1\C(=C/N)C=C(c2cc(C(=O)OC)ccc2C)C(=O)N1C)SC. The van der Waals surface area contributed by atoms with Gasteiger partial charge in [-0.05, 0) is 42.5 Å². The van der Waals surface area contributed by atoms with Crippen LogP contribution in [0.3, 0.4) is 0 Å². The van der Waals surface area contributed by atoms with E-state index in [1.54, 1.807) is 31.3 Å². The van der Waals surface area contributed by atoms with Gasteiger partial charge < -0.3 is 10.5 Å². The molecular weight excluding hydrogens is 350 g/mol. The molecule has 0 saturated heterocycles. The normalized spacial score (nSPS) is 17.5. The topological polar surface area (TPSA) is 85.0 Å². The molecule has 1 amide bonds. The number of benzene rings is 1. The van der Waals surface area contributed by atoms with Gasteiger partial charge in [-0.15, -0.1) is 11.8 Å². The lowest BCUT2D eigenvalue weighted by molar-refractivity contribution is -0.120. The molecule has 1 aromatic carbocycles. The molecule has 7 heteroatoms. The van der Waals surface area contributed by atoms with Crippen LogP contribution >= 0.6 is 11.8 Å². The number of aryl methyl sites for hydroxylation is 1. The average Bonchev–Trinajstić information content (AvgIpc) is 2.65. The number of thioether (sulfide) groups is 1. The van der Waals surface area contributed by atoms with Crippen molar-refractivity contribution in [2.45, 2.75) is 6.92 Å². The van der Waals surface area contributed by atoms with Crippen molar-refractivity contribution >= 4 is 35.0 Å². The Labute approximate surface area is 157 Å². The standard InChI is InChI=1S/C19H21N3O3S/c1-11-6-7-13(19(24)25-4)8-15(11)16-9-14(10-20)17(21-12(2)26-5)22(3)18(16)23/h6-10H,2,20H2,1,3-5H3/b14-10-,21-17+. The molecule has 0 saturated carbocycles. The average molecular weight is 371 g/mol. The number of amides is 1. The zero-order chi connectivity index (χ0) is 19.4. The molecule has 26 heavy (non-hydrogen) atoms. The van der Waals surface area contributed by atoms with Crippen molar-refractivity contribution in [3.63, 3.8) is 0 Å². The van der Waals surface area contributed by atoms with Crippen molar-refractivity contribution in [1.29, 1.82) is 0 Å². The molecule has 0 atom stereocenters. The summed E-state index contributed by atoms with van der Waals surface area (Å²) in [7, 11) is 2.95. The smallest absolute Gasteiger partial charge is 0.337 e. The largest absolute Gasteiger partial charge is 0.465 e. The summed E-state index contributed by atoms with van der Waals surface area (Å²) in [6.45, 7) is 5.70. The summed E-state index contributed by atoms with van der Waals surface area (Å²) in [4.78, 5) is 30.6. The second kappa shape index (κ2) is 8.05. The van der Waals surface area contributed by atoms with Crippen LogP contribution in [-0.2, 0) is 9.53 Å². The van der Waals surface area contributed by atoms with Gasteiger partial charge in [0.25, 0.3) is 5.91 Å². The zero-order valence-corrected chi connectivity index (χ0v) is 16.0. The van der Waals surface area contributed by atoms with Crippen molar-refractivity contribution < 1.29 is 14.3 Å². The third kappa shape index (κ3) is 3.72. The van der Waals surface area contributed by atoms with Crippen molar-refractivity contribution in [2.75, 3.05) is 20.4 Å². The van der Waals surface area contributed by atoms with Gasteiger partial charge in [0.15, 0.2) is 0 Å². The van der Waals surface area contributed by atoms with E-state index < -0.39 is 5.97 Å². The maximum absolute atomic E-state index is 12.9. The molecule has 0 spiro atoms. The Kier molecular flexibility index (Phi) is 6.05. The van der Waals surface area contributed by atoms with Crippen LogP contribution in [0.4, 0.5) is 0 Å². The first-order valence-electron chi connectivity index (χ1n) is 7.77. The quantitative estimate of drug-likeness (QED) is 0.823. The number of methoxy groups -OCH3 is 1. The molecular formula is C19H21N3O3S. The van der Waals surface area contributed by atoms with Crippen molar-refractivity contribution in [3.05, 3.63) is 64.3 Å². The molecule has 0 aromatic heterocycles. The van der Waals surface area contributed by atoms with Gasteiger partial charge in [-0.3, -0.25) is 9.69 Å². The minimum absolute atomic E-state index is 0.242. The molecule has 0 aliphatic carbocycles. The number of aliphatic imine (C=N–C) groups is 1. The van der Waals surface area contributed by atoms with Crippen LogP contribution in [-0.4, -0.2) is 43.0 Å². The van der Waals surface area contributed by atoms with Gasteiger partial charge in [-0.25, -0.2) is 9.79 Å². The van der Waals surface area contributed by atoms with Crippen LogP contribution in [0.1, 0.15) is 21.5 Å². The first-order chi connectivity index (χ1) is 12.3. The minimum Gasteiger partial charge on any atom is -0.465 e. The highest BCUT2D eigenvalue weighted by Crippen LogP contribution is 2.29. The molecule has 1 aromatic rings. The maximum atomic E-state index is 12.9. The predicted octanol–water partition coefficient (Wildman–Crippen LogP) is 2.71. The molecule has 0 radical (unpaired) electrons. The molecule has 6 nitrogen and oxygen atoms in total. The van der Waals surface area contributed by atoms with Crippen molar-refractivity contribution in [1.82, 2.24) is 4.90 Å². The number of carbonyl (C=O) groups excluding carboxylic acids is 2. The number of likely N-dealkylation sites (N-methyl/N-ethyl adjacent to an activating group) is 1. The highest BCUT2D eigenvalue weighted by atomic mass is 32.2. The monoisotopic (exact) mass is 371 g/mol. The third-order valence-corrected chi connectivity index (χ3v) is 4.57. The van der Waals surface area contributed by atoms with Gasteiger partial charge in [0.05, 0.1) is 17.7 Å². The Morgan fingerprint density at radius 1 is 1.42 bits per heavy atom. The molecule has 2 rings (SSSR count). The van der Waals surface area contributed by atoms with E-state index in [0.717, 1.165) is 5.56 Å². The number of hydrogen-bond donors (Lipinski definition) is 1. The summed E-state index contributed by atoms with van der Waals surface area (Å²) in [6.07, 6.45) is 4.93. The van der Waals surface area contributed by atoms with E-state index >= 15 is 0 Å². The van der Waals surface area contributed by atoms with Gasteiger partial charge in [0.1, 0.15) is 5.84 Å². The van der Waals surface area contributed by atoms with E-state index in [2.05, 4.69) is 11.6 Å². The van der Waals surface area contributed by atoms with Gasteiger partial charge in [0.2, 0.25) is 0 Å². The van der Waals surface area contributed by atoms with Crippen molar-refractivity contribution in [2.24, 2.45) is 10.7 Å². The van der Waals surface area contributed by atoms with Crippen LogP contribution in [0.5, 0.6) is 0 Å². The fraction of sp³-hybridized carbons (Fsp3) is 0.211. The Morgan fingerprint density at radius 3 is 2.69 bits per heavy atom. The zero-order valence-electron chi connectivity index (χ0n) is 15.2. The van der Waals surface area contributed by atoms with Crippen molar-refractivity contribution in [3.8, 4) is 0 Å². The Bertz CT molecular complexity index is 869. The van der Waals surface area contributed by atoms with E-state index in [9.17, 15) is 9.59 Å². The number of carbonyl (C=O) groups is 2. The predicted molar refractivity (Wildman–Crippen MR) is 106 cm³/mol.